The molecule has 0 bridgehead atoms. The molecule has 1 aliphatic rings. The molecule has 0 aromatic heterocycles. The molecule has 0 spiro atoms. The molecule has 7 heteroatoms. The van der Waals surface area contributed by atoms with Crippen LogP contribution < -0.4 is 4.72 Å². The molecule has 0 aliphatic carbocycles. The Morgan fingerprint density at radius 2 is 1.88 bits per heavy atom. The lowest BCUT2D eigenvalue weighted by molar-refractivity contribution is 0.324. The van der Waals surface area contributed by atoms with Crippen LogP contribution in [0.3, 0.4) is 0 Å². The molecule has 2 aromatic rings. The standard InChI is InChI=1S/C17H18Cl2N2O2S/c18-14-6-7-17(16(19)10-14)24(22,23)20-15-8-9-21(12-15)11-13-4-2-1-3-5-13/h1-7,10,15,20H,8-9,11-12H2. The fraction of sp³-hybridized carbons (Fsp3) is 0.294. The highest BCUT2D eigenvalue weighted by atomic mass is 35.5. The lowest BCUT2D eigenvalue weighted by Gasteiger charge is -2.17. The van der Waals surface area contributed by atoms with Crippen LogP contribution in [0.5, 0.6) is 0 Å². The molecule has 1 atom stereocenters. The van der Waals surface area contributed by atoms with E-state index in [2.05, 4.69) is 21.8 Å². The van der Waals surface area contributed by atoms with Gasteiger partial charge in [-0.1, -0.05) is 53.5 Å². The molecular weight excluding hydrogens is 367 g/mol. The largest absolute Gasteiger partial charge is 0.297 e. The summed E-state index contributed by atoms with van der Waals surface area (Å²) < 4.78 is 27.8. The van der Waals surface area contributed by atoms with Crippen molar-refractivity contribution in [1.82, 2.24) is 9.62 Å². The summed E-state index contributed by atoms with van der Waals surface area (Å²) in [5.41, 5.74) is 1.22. The topological polar surface area (TPSA) is 49.4 Å². The van der Waals surface area contributed by atoms with Gasteiger partial charge in [-0.15, -0.1) is 0 Å². The number of hydrogen-bond donors (Lipinski definition) is 1. The minimum absolute atomic E-state index is 0.0649. The summed E-state index contributed by atoms with van der Waals surface area (Å²) in [5.74, 6) is 0. The van der Waals surface area contributed by atoms with Crippen LogP contribution in [0.15, 0.2) is 53.4 Å². The fourth-order valence-corrected chi connectivity index (χ4v) is 4.92. The maximum Gasteiger partial charge on any atom is 0.242 e. The van der Waals surface area contributed by atoms with Gasteiger partial charge in [0, 0.05) is 30.7 Å². The van der Waals surface area contributed by atoms with E-state index in [9.17, 15) is 8.42 Å². The van der Waals surface area contributed by atoms with Crippen LogP contribution in [0.25, 0.3) is 0 Å². The summed E-state index contributed by atoms with van der Waals surface area (Å²) in [5, 5.41) is 0.544. The van der Waals surface area contributed by atoms with E-state index in [1.807, 2.05) is 18.2 Å². The summed E-state index contributed by atoms with van der Waals surface area (Å²) in [4.78, 5) is 2.31. The molecule has 1 N–H and O–H groups in total. The second-order valence-electron chi connectivity index (χ2n) is 5.90. The van der Waals surface area contributed by atoms with Gasteiger partial charge in [0.25, 0.3) is 0 Å². The smallest absolute Gasteiger partial charge is 0.242 e. The monoisotopic (exact) mass is 384 g/mol. The quantitative estimate of drug-likeness (QED) is 0.857. The van der Waals surface area contributed by atoms with Gasteiger partial charge in [-0.25, -0.2) is 13.1 Å². The third-order valence-electron chi connectivity index (χ3n) is 4.03. The van der Waals surface area contributed by atoms with E-state index in [-0.39, 0.29) is 16.0 Å². The highest BCUT2D eigenvalue weighted by molar-refractivity contribution is 7.89. The van der Waals surface area contributed by atoms with Gasteiger partial charge < -0.3 is 0 Å². The van der Waals surface area contributed by atoms with Gasteiger partial charge in [0.1, 0.15) is 4.90 Å². The SMILES string of the molecule is O=S(=O)(NC1CCN(Cc2ccccc2)C1)c1ccc(Cl)cc1Cl. The highest BCUT2D eigenvalue weighted by Crippen LogP contribution is 2.25. The zero-order valence-corrected chi connectivity index (χ0v) is 15.3. The van der Waals surface area contributed by atoms with Crippen molar-refractivity contribution < 1.29 is 8.42 Å². The second kappa shape index (κ2) is 7.42. The molecule has 2 aromatic carbocycles. The molecule has 0 saturated carbocycles. The number of benzene rings is 2. The number of nitrogens with zero attached hydrogens (tertiary/aromatic N) is 1. The third-order valence-corrected chi connectivity index (χ3v) is 6.27. The molecule has 0 radical (unpaired) electrons. The van der Waals surface area contributed by atoms with E-state index >= 15 is 0 Å². The van der Waals surface area contributed by atoms with Gasteiger partial charge in [-0.2, -0.15) is 0 Å². The molecule has 1 aliphatic heterocycles. The fourth-order valence-electron chi connectivity index (χ4n) is 2.89. The van der Waals surface area contributed by atoms with Crippen LogP contribution in [-0.2, 0) is 16.6 Å². The zero-order valence-electron chi connectivity index (χ0n) is 13.0. The van der Waals surface area contributed by atoms with Gasteiger partial charge in [0.15, 0.2) is 0 Å². The minimum atomic E-state index is -3.65. The molecule has 24 heavy (non-hydrogen) atoms. The Balaban J connectivity index is 1.64. The van der Waals surface area contributed by atoms with Crippen LogP contribution in [0.4, 0.5) is 0 Å². The van der Waals surface area contributed by atoms with E-state index in [1.165, 1.54) is 23.8 Å². The Morgan fingerprint density at radius 1 is 1.12 bits per heavy atom. The number of rotatable bonds is 5. The van der Waals surface area contributed by atoms with Gasteiger partial charge in [-0.3, -0.25) is 4.90 Å². The van der Waals surface area contributed by atoms with Crippen LogP contribution >= 0.6 is 23.2 Å². The van der Waals surface area contributed by atoms with Crippen molar-refractivity contribution in [3.05, 3.63) is 64.1 Å². The summed E-state index contributed by atoms with van der Waals surface area (Å²) in [7, 11) is -3.65. The first-order valence-corrected chi connectivity index (χ1v) is 9.91. The predicted molar refractivity (Wildman–Crippen MR) is 96.9 cm³/mol. The first-order chi connectivity index (χ1) is 11.4. The summed E-state index contributed by atoms with van der Waals surface area (Å²) in [6.45, 7) is 2.36. The first-order valence-electron chi connectivity index (χ1n) is 7.68. The van der Waals surface area contributed by atoms with E-state index in [1.54, 1.807) is 0 Å². The number of halogens is 2. The third kappa shape index (κ3) is 4.29. The van der Waals surface area contributed by atoms with Crippen molar-refractivity contribution in [2.75, 3.05) is 13.1 Å². The van der Waals surface area contributed by atoms with Crippen LogP contribution in [-0.4, -0.2) is 32.4 Å². The Bertz CT molecular complexity index is 813. The Kier molecular flexibility index (Phi) is 5.47. The Morgan fingerprint density at radius 3 is 2.58 bits per heavy atom. The van der Waals surface area contributed by atoms with Crippen molar-refractivity contribution in [2.24, 2.45) is 0 Å². The minimum Gasteiger partial charge on any atom is -0.297 e. The maximum absolute atomic E-state index is 12.5. The highest BCUT2D eigenvalue weighted by Gasteiger charge is 2.28. The lowest BCUT2D eigenvalue weighted by Crippen LogP contribution is -2.37. The molecule has 1 fully saturated rings. The number of sulfonamides is 1. The van der Waals surface area contributed by atoms with Gasteiger partial charge >= 0.3 is 0 Å². The molecule has 3 rings (SSSR count). The van der Waals surface area contributed by atoms with Crippen molar-refractivity contribution in [1.29, 1.82) is 0 Å². The van der Waals surface area contributed by atoms with Crippen LogP contribution in [0.1, 0.15) is 12.0 Å². The molecule has 1 saturated heterocycles. The zero-order chi connectivity index (χ0) is 17.2. The van der Waals surface area contributed by atoms with Gasteiger partial charge in [0.2, 0.25) is 10.0 Å². The Hall–Kier alpha value is -1.11. The van der Waals surface area contributed by atoms with Crippen LogP contribution in [0, 0.1) is 0 Å². The number of likely N-dealkylation sites (tertiary alicyclic amines) is 1. The molecular formula is C17H18Cl2N2O2S. The molecule has 1 unspecified atom stereocenters. The van der Waals surface area contributed by atoms with Crippen molar-refractivity contribution >= 4 is 33.2 Å². The first kappa shape index (κ1) is 17.7. The molecule has 1 heterocycles. The van der Waals surface area contributed by atoms with E-state index in [0.717, 1.165) is 19.5 Å². The average Bonchev–Trinajstić information content (AvgIpc) is 2.94. The van der Waals surface area contributed by atoms with Crippen molar-refractivity contribution in [3.63, 3.8) is 0 Å². The van der Waals surface area contributed by atoms with Crippen molar-refractivity contribution in [3.8, 4) is 0 Å². The normalized spacial score (nSPS) is 18.8. The number of nitrogens with one attached hydrogen (secondary N) is 1. The van der Waals surface area contributed by atoms with Gasteiger partial charge in [0.05, 0.1) is 5.02 Å². The molecule has 128 valence electrons. The van der Waals surface area contributed by atoms with Crippen molar-refractivity contribution in [2.45, 2.75) is 23.9 Å². The summed E-state index contributed by atoms with van der Waals surface area (Å²) in [6.07, 6.45) is 0.775. The number of hydrogen-bond acceptors (Lipinski definition) is 3. The summed E-state index contributed by atoms with van der Waals surface area (Å²) >= 11 is 11.8. The molecule has 4 nitrogen and oxygen atoms in total. The average molecular weight is 385 g/mol. The van der Waals surface area contributed by atoms with Gasteiger partial charge in [-0.05, 0) is 30.2 Å². The maximum atomic E-state index is 12.5. The molecule has 0 amide bonds. The lowest BCUT2D eigenvalue weighted by atomic mass is 10.2. The second-order valence-corrected chi connectivity index (χ2v) is 8.43. The predicted octanol–water partition coefficient (Wildman–Crippen LogP) is 3.55. The van der Waals surface area contributed by atoms with E-state index < -0.39 is 10.0 Å². The van der Waals surface area contributed by atoms with E-state index in [4.69, 9.17) is 23.2 Å². The van der Waals surface area contributed by atoms with Crippen LogP contribution in [0.2, 0.25) is 10.0 Å². The summed E-state index contributed by atoms with van der Waals surface area (Å²) in [6, 6.07) is 14.4. The van der Waals surface area contributed by atoms with E-state index in [0.29, 0.717) is 11.6 Å². The Labute approximate surface area is 152 Å².